The fourth-order valence-electron chi connectivity index (χ4n) is 2.59. The molecule has 1 saturated heterocycles. The molecule has 0 amide bonds. The maximum Gasteiger partial charge on any atom is 0.573 e. The number of nitrogens with one attached hydrogen (secondary N) is 2. The van der Waals surface area contributed by atoms with Gasteiger partial charge in [0.15, 0.2) is 0 Å². The van der Waals surface area contributed by atoms with E-state index in [2.05, 4.69) is 30.3 Å². The molecule has 0 radical (unpaired) electrons. The summed E-state index contributed by atoms with van der Waals surface area (Å²) in [5.41, 5.74) is 0.248. The Morgan fingerprint density at radius 3 is 2.17 bits per heavy atom. The number of aromatic nitrogens is 3. The zero-order valence-electron chi connectivity index (χ0n) is 16.4. The smallest absolute Gasteiger partial charge is 0.406 e. The standard InChI is InChI=1S/C18H23F3N6O2/c1-17(2,3)26-15-23-14(24-16(25-15)27-8-10-28-11-9-27)22-12-4-6-13(7-5-12)29-18(19,20)21/h4-7H,8-11H2,1-3H3,(H2,22,23,24,25,26). The third kappa shape index (κ3) is 6.63. The number of anilines is 4. The maximum atomic E-state index is 12.3. The van der Waals surface area contributed by atoms with E-state index in [4.69, 9.17) is 4.74 Å². The van der Waals surface area contributed by atoms with Crippen LogP contribution in [0.5, 0.6) is 5.75 Å². The average Bonchev–Trinajstić information content (AvgIpc) is 2.61. The summed E-state index contributed by atoms with van der Waals surface area (Å²) in [6.45, 7) is 8.42. The van der Waals surface area contributed by atoms with Crippen molar-refractivity contribution in [1.82, 2.24) is 15.0 Å². The molecule has 1 aromatic heterocycles. The fraction of sp³-hybridized carbons (Fsp3) is 0.500. The Bertz CT molecular complexity index is 818. The van der Waals surface area contributed by atoms with Gasteiger partial charge >= 0.3 is 6.36 Å². The third-order valence-electron chi connectivity index (χ3n) is 3.75. The van der Waals surface area contributed by atoms with E-state index in [1.54, 1.807) is 0 Å². The molecule has 2 aromatic rings. The molecule has 0 bridgehead atoms. The number of benzene rings is 1. The quantitative estimate of drug-likeness (QED) is 0.771. The molecule has 2 N–H and O–H groups in total. The Kier molecular flexibility index (Phi) is 5.96. The minimum absolute atomic E-state index is 0.266. The Morgan fingerprint density at radius 2 is 1.59 bits per heavy atom. The molecule has 1 fully saturated rings. The van der Waals surface area contributed by atoms with Gasteiger partial charge in [0.1, 0.15) is 5.75 Å². The van der Waals surface area contributed by atoms with Crippen LogP contribution < -0.4 is 20.3 Å². The van der Waals surface area contributed by atoms with Gasteiger partial charge in [0.25, 0.3) is 0 Å². The number of halogens is 3. The zero-order valence-corrected chi connectivity index (χ0v) is 16.4. The van der Waals surface area contributed by atoms with Gasteiger partial charge in [0, 0.05) is 24.3 Å². The molecule has 11 heteroatoms. The first-order valence-electron chi connectivity index (χ1n) is 9.07. The summed E-state index contributed by atoms with van der Waals surface area (Å²) >= 11 is 0. The molecular weight excluding hydrogens is 389 g/mol. The zero-order chi connectivity index (χ0) is 21.1. The molecular formula is C18H23F3N6O2. The first-order valence-corrected chi connectivity index (χ1v) is 9.07. The van der Waals surface area contributed by atoms with Gasteiger partial charge in [-0.25, -0.2) is 0 Å². The van der Waals surface area contributed by atoms with Crippen molar-refractivity contribution in [2.75, 3.05) is 41.8 Å². The predicted molar refractivity (Wildman–Crippen MR) is 103 cm³/mol. The lowest BCUT2D eigenvalue weighted by Crippen LogP contribution is -2.38. The second kappa shape index (κ2) is 8.27. The van der Waals surface area contributed by atoms with Crippen LogP contribution in [-0.4, -0.2) is 53.2 Å². The molecule has 158 valence electrons. The Hall–Kier alpha value is -2.82. The second-order valence-electron chi connectivity index (χ2n) is 7.45. The molecule has 0 atom stereocenters. The van der Waals surface area contributed by atoms with E-state index in [9.17, 15) is 13.2 Å². The van der Waals surface area contributed by atoms with Crippen molar-refractivity contribution in [3.63, 3.8) is 0 Å². The van der Waals surface area contributed by atoms with Crippen LogP contribution in [0.3, 0.4) is 0 Å². The van der Waals surface area contributed by atoms with E-state index in [-0.39, 0.29) is 17.2 Å². The van der Waals surface area contributed by atoms with Gasteiger partial charge in [0.05, 0.1) is 13.2 Å². The normalized spacial score (nSPS) is 15.2. The second-order valence-corrected chi connectivity index (χ2v) is 7.45. The molecule has 0 aliphatic carbocycles. The van der Waals surface area contributed by atoms with Crippen molar-refractivity contribution < 1.29 is 22.6 Å². The number of rotatable bonds is 5. The van der Waals surface area contributed by atoms with E-state index in [0.29, 0.717) is 43.9 Å². The average molecular weight is 412 g/mol. The first-order chi connectivity index (χ1) is 13.6. The molecule has 1 aromatic carbocycles. The predicted octanol–water partition coefficient (Wildman–Crippen LogP) is 3.56. The van der Waals surface area contributed by atoms with E-state index in [1.807, 2.05) is 25.7 Å². The molecule has 2 heterocycles. The highest BCUT2D eigenvalue weighted by Crippen LogP contribution is 2.25. The molecule has 3 rings (SSSR count). The minimum atomic E-state index is -4.73. The topological polar surface area (TPSA) is 84.4 Å². The molecule has 1 aliphatic heterocycles. The summed E-state index contributed by atoms with van der Waals surface area (Å²) in [6.07, 6.45) is -4.73. The van der Waals surface area contributed by atoms with Gasteiger partial charge in [-0.05, 0) is 45.0 Å². The van der Waals surface area contributed by atoms with Crippen LogP contribution in [0.15, 0.2) is 24.3 Å². The highest BCUT2D eigenvalue weighted by Gasteiger charge is 2.31. The van der Waals surface area contributed by atoms with Crippen molar-refractivity contribution >= 4 is 23.5 Å². The third-order valence-corrected chi connectivity index (χ3v) is 3.75. The van der Waals surface area contributed by atoms with Gasteiger partial charge in [-0.2, -0.15) is 15.0 Å². The van der Waals surface area contributed by atoms with Crippen molar-refractivity contribution in [3.8, 4) is 5.75 Å². The van der Waals surface area contributed by atoms with Gasteiger partial charge in [-0.15, -0.1) is 13.2 Å². The molecule has 29 heavy (non-hydrogen) atoms. The van der Waals surface area contributed by atoms with Crippen LogP contribution in [-0.2, 0) is 4.74 Å². The van der Waals surface area contributed by atoms with Crippen LogP contribution in [0.4, 0.5) is 36.7 Å². The van der Waals surface area contributed by atoms with Gasteiger partial charge in [-0.3, -0.25) is 0 Å². The maximum absolute atomic E-state index is 12.3. The Balaban J connectivity index is 1.82. The SMILES string of the molecule is CC(C)(C)Nc1nc(Nc2ccc(OC(F)(F)F)cc2)nc(N2CCOCC2)n1. The molecule has 8 nitrogen and oxygen atoms in total. The lowest BCUT2D eigenvalue weighted by Gasteiger charge is -2.28. The first kappa shape index (κ1) is 20.9. The van der Waals surface area contributed by atoms with E-state index < -0.39 is 6.36 Å². The lowest BCUT2D eigenvalue weighted by molar-refractivity contribution is -0.274. The number of hydrogen-bond acceptors (Lipinski definition) is 8. The number of morpholine rings is 1. The van der Waals surface area contributed by atoms with Crippen LogP contribution in [0.1, 0.15) is 20.8 Å². The molecule has 0 unspecified atom stereocenters. The van der Waals surface area contributed by atoms with Gasteiger partial charge in [0.2, 0.25) is 17.8 Å². The van der Waals surface area contributed by atoms with Crippen molar-refractivity contribution in [2.45, 2.75) is 32.7 Å². The Morgan fingerprint density at radius 1 is 0.966 bits per heavy atom. The lowest BCUT2D eigenvalue weighted by atomic mass is 10.1. The van der Waals surface area contributed by atoms with E-state index in [0.717, 1.165) is 0 Å². The number of nitrogens with zero attached hydrogens (tertiary/aromatic N) is 4. The minimum Gasteiger partial charge on any atom is -0.406 e. The Labute approximate surface area is 166 Å². The monoisotopic (exact) mass is 412 g/mol. The summed E-state index contributed by atoms with van der Waals surface area (Å²) in [5.74, 6) is 0.864. The summed E-state index contributed by atoms with van der Waals surface area (Å²) in [5, 5.41) is 6.22. The summed E-state index contributed by atoms with van der Waals surface area (Å²) < 4.78 is 46.2. The summed E-state index contributed by atoms with van der Waals surface area (Å²) in [6, 6.07) is 5.34. The van der Waals surface area contributed by atoms with Crippen molar-refractivity contribution in [2.24, 2.45) is 0 Å². The number of alkyl halides is 3. The number of hydrogen-bond donors (Lipinski definition) is 2. The van der Waals surface area contributed by atoms with Gasteiger partial charge in [-0.1, -0.05) is 0 Å². The van der Waals surface area contributed by atoms with Crippen LogP contribution in [0.25, 0.3) is 0 Å². The largest absolute Gasteiger partial charge is 0.573 e. The highest BCUT2D eigenvalue weighted by atomic mass is 19.4. The van der Waals surface area contributed by atoms with E-state index >= 15 is 0 Å². The van der Waals surface area contributed by atoms with Gasteiger partial charge < -0.3 is 25.0 Å². The van der Waals surface area contributed by atoms with Crippen molar-refractivity contribution in [3.05, 3.63) is 24.3 Å². The highest BCUT2D eigenvalue weighted by molar-refractivity contribution is 5.57. The van der Waals surface area contributed by atoms with Crippen LogP contribution in [0.2, 0.25) is 0 Å². The molecule has 0 spiro atoms. The summed E-state index contributed by atoms with van der Waals surface area (Å²) in [4.78, 5) is 15.3. The molecule has 0 saturated carbocycles. The van der Waals surface area contributed by atoms with Crippen molar-refractivity contribution in [1.29, 1.82) is 0 Å². The van der Waals surface area contributed by atoms with Crippen LogP contribution >= 0.6 is 0 Å². The number of ether oxygens (including phenoxy) is 2. The fourth-order valence-corrected chi connectivity index (χ4v) is 2.59. The summed E-state index contributed by atoms with van der Waals surface area (Å²) in [7, 11) is 0. The molecule has 1 aliphatic rings. The van der Waals surface area contributed by atoms with Crippen LogP contribution in [0, 0.1) is 0 Å². The van der Waals surface area contributed by atoms with E-state index in [1.165, 1.54) is 24.3 Å².